The molecule has 1 N–H and O–H groups in total. The largest absolute Gasteiger partial charge is 0.345 e. The van der Waals surface area contributed by atoms with Crippen LogP contribution in [0.3, 0.4) is 0 Å². The zero-order valence-corrected chi connectivity index (χ0v) is 17.1. The fourth-order valence-corrected chi connectivity index (χ4v) is 4.22. The minimum absolute atomic E-state index is 0.00594. The highest BCUT2D eigenvalue weighted by molar-refractivity contribution is 6.07. The summed E-state index contributed by atoms with van der Waals surface area (Å²) in [6.45, 7) is 4.61. The number of nitrogens with zero attached hydrogens (tertiary/aromatic N) is 4. The highest BCUT2D eigenvalue weighted by Crippen LogP contribution is 2.31. The highest BCUT2D eigenvalue weighted by Gasteiger charge is 2.25. The number of aryl methyl sites for hydroxylation is 3. The number of aromatic nitrogens is 4. The molecule has 30 heavy (non-hydrogen) atoms. The van der Waals surface area contributed by atoms with Crippen molar-refractivity contribution in [2.75, 3.05) is 0 Å². The maximum Gasteiger partial charge on any atom is 0.259 e. The van der Waals surface area contributed by atoms with Crippen LogP contribution >= 0.6 is 0 Å². The molecule has 7 heteroatoms. The standard InChI is InChI=1S/C23H23N5O2/c1-3-28-12-11-19(26-28)20-13-17(21-14(2)27-30-23(21)25-20)22(29)24-18-10-6-8-15-7-4-5-9-16(15)18/h4-5,7,9,11-13,18H,3,6,8,10H2,1-2H3,(H,24,29). The number of rotatable bonds is 4. The van der Waals surface area contributed by atoms with Gasteiger partial charge in [-0.2, -0.15) is 5.10 Å². The number of benzene rings is 1. The SMILES string of the molecule is CCn1ccc(-c2cc(C(=O)NC3CCCc4ccccc43)c3c(C)noc3n2)n1. The van der Waals surface area contributed by atoms with Crippen LogP contribution in [0.2, 0.25) is 0 Å². The molecule has 1 amide bonds. The molecular formula is C23H23N5O2. The van der Waals surface area contributed by atoms with Crippen LogP contribution in [0.15, 0.2) is 47.1 Å². The van der Waals surface area contributed by atoms with E-state index in [4.69, 9.17) is 4.52 Å². The number of fused-ring (bicyclic) bond motifs is 2. The molecule has 3 aromatic heterocycles. The van der Waals surface area contributed by atoms with Crippen LogP contribution in [0.4, 0.5) is 0 Å². The minimum atomic E-state index is -0.147. The van der Waals surface area contributed by atoms with Gasteiger partial charge in [-0.1, -0.05) is 29.4 Å². The first-order valence-corrected chi connectivity index (χ1v) is 10.3. The molecule has 0 spiro atoms. The number of pyridine rings is 1. The molecule has 4 aromatic rings. The highest BCUT2D eigenvalue weighted by atomic mass is 16.5. The van der Waals surface area contributed by atoms with Crippen molar-refractivity contribution in [3.05, 3.63) is 65.0 Å². The molecule has 3 heterocycles. The van der Waals surface area contributed by atoms with E-state index in [1.165, 1.54) is 11.1 Å². The third kappa shape index (κ3) is 3.16. The maximum absolute atomic E-state index is 13.4. The summed E-state index contributed by atoms with van der Waals surface area (Å²) in [4.78, 5) is 18.0. The Balaban J connectivity index is 1.54. The van der Waals surface area contributed by atoms with Crippen LogP contribution < -0.4 is 5.32 Å². The second kappa shape index (κ2) is 7.40. The van der Waals surface area contributed by atoms with E-state index in [0.717, 1.165) is 25.8 Å². The Bertz CT molecular complexity index is 1240. The summed E-state index contributed by atoms with van der Waals surface area (Å²) in [6.07, 6.45) is 4.93. The number of amides is 1. The lowest BCUT2D eigenvalue weighted by molar-refractivity contribution is 0.0934. The van der Waals surface area contributed by atoms with E-state index in [0.29, 0.717) is 33.7 Å². The zero-order chi connectivity index (χ0) is 20.7. The smallest absolute Gasteiger partial charge is 0.259 e. The second-order valence-corrected chi connectivity index (χ2v) is 7.68. The molecule has 0 aliphatic heterocycles. The normalized spacial score (nSPS) is 15.9. The van der Waals surface area contributed by atoms with Gasteiger partial charge in [0.25, 0.3) is 11.6 Å². The first-order chi connectivity index (χ1) is 14.6. The third-order valence-corrected chi connectivity index (χ3v) is 5.76. The Kier molecular flexibility index (Phi) is 4.58. The molecule has 7 nitrogen and oxygen atoms in total. The van der Waals surface area contributed by atoms with Crippen molar-refractivity contribution in [2.45, 2.75) is 45.7 Å². The first kappa shape index (κ1) is 18.5. The lowest BCUT2D eigenvalue weighted by atomic mass is 9.87. The van der Waals surface area contributed by atoms with Gasteiger partial charge in [-0.25, -0.2) is 4.98 Å². The number of carbonyl (C=O) groups is 1. The average Bonchev–Trinajstić information content (AvgIpc) is 3.40. The van der Waals surface area contributed by atoms with Gasteiger partial charge in [0.2, 0.25) is 0 Å². The van der Waals surface area contributed by atoms with Crippen LogP contribution in [0.25, 0.3) is 22.5 Å². The second-order valence-electron chi connectivity index (χ2n) is 7.68. The van der Waals surface area contributed by atoms with Gasteiger partial charge in [-0.3, -0.25) is 9.48 Å². The summed E-state index contributed by atoms with van der Waals surface area (Å²) in [5.41, 5.74) is 5.32. The van der Waals surface area contributed by atoms with Crippen molar-refractivity contribution >= 4 is 17.0 Å². The van der Waals surface area contributed by atoms with Crippen molar-refractivity contribution in [1.29, 1.82) is 0 Å². The van der Waals surface area contributed by atoms with E-state index in [2.05, 4.69) is 38.8 Å². The van der Waals surface area contributed by atoms with E-state index < -0.39 is 0 Å². The Morgan fingerprint density at radius 1 is 1.27 bits per heavy atom. The van der Waals surface area contributed by atoms with Crippen LogP contribution in [0.5, 0.6) is 0 Å². The van der Waals surface area contributed by atoms with Gasteiger partial charge in [0.1, 0.15) is 5.69 Å². The van der Waals surface area contributed by atoms with Crippen molar-refractivity contribution in [3.8, 4) is 11.4 Å². The van der Waals surface area contributed by atoms with Gasteiger partial charge in [0.15, 0.2) is 0 Å². The lowest BCUT2D eigenvalue weighted by Gasteiger charge is -2.26. The molecule has 0 saturated carbocycles. The Morgan fingerprint density at radius 2 is 2.13 bits per heavy atom. The van der Waals surface area contributed by atoms with Crippen molar-refractivity contribution in [1.82, 2.24) is 25.2 Å². The Hall–Kier alpha value is -3.48. The molecule has 1 aromatic carbocycles. The van der Waals surface area contributed by atoms with E-state index in [1.807, 2.05) is 36.9 Å². The average molecular weight is 401 g/mol. The fourth-order valence-electron chi connectivity index (χ4n) is 4.22. The monoisotopic (exact) mass is 401 g/mol. The molecule has 1 atom stereocenters. The lowest BCUT2D eigenvalue weighted by Crippen LogP contribution is -2.31. The van der Waals surface area contributed by atoms with E-state index in [-0.39, 0.29) is 11.9 Å². The number of nitrogens with one attached hydrogen (secondary N) is 1. The van der Waals surface area contributed by atoms with Crippen molar-refractivity contribution in [3.63, 3.8) is 0 Å². The molecule has 152 valence electrons. The first-order valence-electron chi connectivity index (χ1n) is 10.3. The molecule has 0 saturated heterocycles. The van der Waals surface area contributed by atoms with E-state index in [1.54, 1.807) is 6.07 Å². The predicted molar refractivity (Wildman–Crippen MR) is 113 cm³/mol. The summed E-state index contributed by atoms with van der Waals surface area (Å²) >= 11 is 0. The zero-order valence-electron chi connectivity index (χ0n) is 17.1. The van der Waals surface area contributed by atoms with Gasteiger partial charge in [0.05, 0.1) is 28.4 Å². The van der Waals surface area contributed by atoms with Crippen LogP contribution in [0, 0.1) is 6.92 Å². The third-order valence-electron chi connectivity index (χ3n) is 5.76. The van der Waals surface area contributed by atoms with Gasteiger partial charge >= 0.3 is 0 Å². The summed E-state index contributed by atoms with van der Waals surface area (Å²) < 4.78 is 7.23. The molecule has 1 aliphatic carbocycles. The van der Waals surface area contributed by atoms with Crippen LogP contribution in [-0.4, -0.2) is 25.8 Å². The van der Waals surface area contributed by atoms with Crippen molar-refractivity contribution < 1.29 is 9.32 Å². The summed E-state index contributed by atoms with van der Waals surface area (Å²) in [5, 5.41) is 12.4. The van der Waals surface area contributed by atoms with Crippen LogP contribution in [0.1, 0.15) is 53.0 Å². The minimum Gasteiger partial charge on any atom is -0.345 e. The Labute approximate surface area is 174 Å². The number of carbonyl (C=O) groups excluding carboxylic acids is 1. The number of hydrogen-bond donors (Lipinski definition) is 1. The van der Waals surface area contributed by atoms with E-state index >= 15 is 0 Å². The maximum atomic E-state index is 13.4. The summed E-state index contributed by atoms with van der Waals surface area (Å²) in [7, 11) is 0. The fraction of sp³-hybridized carbons (Fsp3) is 0.304. The summed E-state index contributed by atoms with van der Waals surface area (Å²) in [5.74, 6) is -0.147. The van der Waals surface area contributed by atoms with Crippen molar-refractivity contribution in [2.24, 2.45) is 0 Å². The predicted octanol–water partition coefficient (Wildman–Crippen LogP) is 4.22. The molecule has 0 bridgehead atoms. The van der Waals surface area contributed by atoms with Gasteiger partial charge < -0.3 is 9.84 Å². The quantitative estimate of drug-likeness (QED) is 0.553. The molecular weight excluding hydrogens is 378 g/mol. The number of hydrogen-bond acceptors (Lipinski definition) is 5. The summed E-state index contributed by atoms with van der Waals surface area (Å²) in [6, 6.07) is 12.0. The molecule has 1 unspecified atom stereocenters. The van der Waals surface area contributed by atoms with Gasteiger partial charge in [0, 0.05) is 12.7 Å². The molecule has 1 aliphatic rings. The Morgan fingerprint density at radius 3 is 2.97 bits per heavy atom. The molecule has 0 radical (unpaired) electrons. The van der Waals surface area contributed by atoms with E-state index in [9.17, 15) is 4.79 Å². The van der Waals surface area contributed by atoms with Crippen LogP contribution in [-0.2, 0) is 13.0 Å². The molecule has 0 fully saturated rings. The topological polar surface area (TPSA) is 85.8 Å². The van der Waals surface area contributed by atoms with Gasteiger partial charge in [-0.15, -0.1) is 0 Å². The van der Waals surface area contributed by atoms with Gasteiger partial charge in [-0.05, 0) is 56.4 Å². The molecule has 5 rings (SSSR count).